The van der Waals surface area contributed by atoms with Crippen molar-refractivity contribution in [2.75, 3.05) is 0 Å². The molecule has 1 aliphatic rings. The van der Waals surface area contributed by atoms with E-state index in [1.165, 1.54) is 122 Å². The average molecular weight is 811 g/mol. The van der Waals surface area contributed by atoms with Crippen molar-refractivity contribution in [2.24, 2.45) is 0 Å². The summed E-state index contributed by atoms with van der Waals surface area (Å²) in [6.07, 6.45) is 0. The molecule has 298 valence electrons. The van der Waals surface area contributed by atoms with Gasteiger partial charge < -0.3 is 0 Å². The first-order valence-electron chi connectivity index (χ1n) is 22.2. The minimum absolute atomic E-state index is 1.19. The van der Waals surface area contributed by atoms with Crippen LogP contribution in [0, 0.1) is 0 Å². The summed E-state index contributed by atoms with van der Waals surface area (Å²) in [5.74, 6) is 0. The zero-order valence-corrected chi connectivity index (χ0v) is 35.2. The Morgan fingerprint density at radius 1 is 0.156 bits per heavy atom. The highest BCUT2D eigenvalue weighted by Crippen LogP contribution is 2.58. The fourth-order valence-corrected chi connectivity index (χ4v) is 10.0. The average Bonchev–Trinajstić information content (AvgIpc) is 3.72. The Balaban J connectivity index is 1.16. The van der Waals surface area contributed by atoms with Gasteiger partial charge in [-0.3, -0.25) is 0 Å². The first-order chi connectivity index (χ1) is 31.7. The Bertz CT molecular complexity index is 3370. The maximum absolute atomic E-state index is 2.48. The van der Waals surface area contributed by atoms with E-state index in [0.717, 1.165) is 0 Å². The van der Waals surface area contributed by atoms with Gasteiger partial charge in [0.15, 0.2) is 0 Å². The van der Waals surface area contributed by atoms with Crippen molar-refractivity contribution in [3.05, 3.63) is 255 Å². The van der Waals surface area contributed by atoms with Crippen molar-refractivity contribution >= 4 is 10.8 Å². The smallest absolute Gasteiger partial charge is 0.000763 e. The van der Waals surface area contributed by atoms with E-state index < -0.39 is 0 Å². The van der Waals surface area contributed by atoms with Crippen LogP contribution in [0.5, 0.6) is 0 Å². The van der Waals surface area contributed by atoms with Gasteiger partial charge >= 0.3 is 0 Å². The predicted molar refractivity (Wildman–Crippen MR) is 272 cm³/mol. The maximum atomic E-state index is 2.48. The van der Waals surface area contributed by atoms with Crippen molar-refractivity contribution in [1.29, 1.82) is 0 Å². The lowest BCUT2D eigenvalue weighted by Gasteiger charge is -2.22. The Morgan fingerprint density at radius 3 is 0.953 bits per heavy atom. The second-order valence-electron chi connectivity index (χ2n) is 16.8. The Hall–Kier alpha value is -8.32. The van der Waals surface area contributed by atoms with Gasteiger partial charge in [-0.1, -0.05) is 212 Å². The monoisotopic (exact) mass is 810 g/mol. The van der Waals surface area contributed by atoms with Gasteiger partial charge in [0.1, 0.15) is 0 Å². The Labute approximate surface area is 375 Å². The molecule has 0 spiro atoms. The second-order valence-corrected chi connectivity index (χ2v) is 16.8. The van der Waals surface area contributed by atoms with E-state index in [-0.39, 0.29) is 0 Å². The molecule has 0 fully saturated rings. The van der Waals surface area contributed by atoms with Gasteiger partial charge in [0.25, 0.3) is 0 Å². The molecule has 0 saturated carbocycles. The zero-order valence-electron chi connectivity index (χ0n) is 35.2. The molecule has 0 bridgehead atoms. The third-order valence-electron chi connectivity index (χ3n) is 13.0. The van der Waals surface area contributed by atoms with Crippen LogP contribution in [-0.2, 0) is 0 Å². The van der Waals surface area contributed by atoms with Gasteiger partial charge in [0.2, 0.25) is 0 Å². The molecule has 0 radical (unpaired) electrons. The van der Waals surface area contributed by atoms with Gasteiger partial charge in [-0.05, 0) is 165 Å². The standard InChI is InChI=1S/C64H42/c1-7-20-43(21-8-1)49-36-50(44-22-9-2-10-23-44)39-53(38-49)55-34-35-58-62-56(55)32-19-33-57(62)64-61(48-30-17-6-18-31-48)60(42-59(63(58)64)47-28-15-5-16-29-47)54-40-51(45-24-11-3-12-25-45)37-52(41-54)46-26-13-4-14-27-46/h1-42H. The summed E-state index contributed by atoms with van der Waals surface area (Å²) >= 11 is 0. The minimum atomic E-state index is 1.19. The summed E-state index contributed by atoms with van der Waals surface area (Å²) in [5, 5.41) is 2.56. The SMILES string of the molecule is c1ccc(-c2cc(-c3ccccc3)cc(-c3cc(-c4ccccc4)c4c(c3-c3ccccc3)-c3cccc5c(-c6cc(-c7ccccc7)cc(-c7ccccc7)c6)ccc-4c35)c2)cc1. The van der Waals surface area contributed by atoms with Gasteiger partial charge in [0, 0.05) is 0 Å². The second kappa shape index (κ2) is 15.9. The molecule has 11 aromatic carbocycles. The zero-order chi connectivity index (χ0) is 42.4. The quantitative estimate of drug-likeness (QED) is 0.143. The molecular weight excluding hydrogens is 769 g/mol. The highest BCUT2D eigenvalue weighted by molar-refractivity contribution is 6.25. The van der Waals surface area contributed by atoms with Crippen LogP contribution in [-0.4, -0.2) is 0 Å². The van der Waals surface area contributed by atoms with Crippen molar-refractivity contribution in [3.63, 3.8) is 0 Å². The van der Waals surface area contributed by atoms with Crippen LogP contribution in [0.2, 0.25) is 0 Å². The molecule has 0 saturated heterocycles. The maximum Gasteiger partial charge on any atom is -0.000763 e. The summed E-state index contributed by atoms with van der Waals surface area (Å²) in [4.78, 5) is 0. The van der Waals surface area contributed by atoms with Gasteiger partial charge in [-0.15, -0.1) is 0 Å². The molecule has 0 heterocycles. The molecule has 0 aliphatic heterocycles. The third-order valence-corrected chi connectivity index (χ3v) is 13.0. The van der Waals surface area contributed by atoms with Crippen LogP contribution in [0.3, 0.4) is 0 Å². The third kappa shape index (κ3) is 6.56. The minimum Gasteiger partial charge on any atom is -0.0622 e. The van der Waals surface area contributed by atoms with E-state index >= 15 is 0 Å². The number of fused-ring (bicyclic) bond motifs is 3. The van der Waals surface area contributed by atoms with Crippen molar-refractivity contribution < 1.29 is 0 Å². The van der Waals surface area contributed by atoms with Gasteiger partial charge in [-0.25, -0.2) is 0 Å². The fraction of sp³-hybridized carbons (Fsp3) is 0. The lowest BCUT2D eigenvalue weighted by Crippen LogP contribution is -1.95. The largest absolute Gasteiger partial charge is 0.0622 e. The van der Waals surface area contributed by atoms with Crippen LogP contribution in [0.15, 0.2) is 255 Å². The number of hydrogen-bond acceptors (Lipinski definition) is 0. The first-order valence-corrected chi connectivity index (χ1v) is 22.2. The Kier molecular flexibility index (Phi) is 9.28. The normalized spacial score (nSPS) is 11.4. The summed E-state index contributed by atoms with van der Waals surface area (Å²) in [7, 11) is 0. The summed E-state index contributed by atoms with van der Waals surface area (Å²) in [6, 6.07) is 93.6. The van der Waals surface area contributed by atoms with Crippen LogP contribution in [0.1, 0.15) is 0 Å². The highest BCUT2D eigenvalue weighted by Gasteiger charge is 2.31. The summed E-state index contributed by atoms with van der Waals surface area (Å²) < 4.78 is 0. The molecule has 11 aromatic rings. The van der Waals surface area contributed by atoms with E-state index in [1.807, 2.05) is 0 Å². The van der Waals surface area contributed by atoms with E-state index in [0.29, 0.717) is 0 Å². The molecule has 64 heavy (non-hydrogen) atoms. The molecule has 0 nitrogen and oxygen atoms in total. The molecule has 0 heteroatoms. The summed E-state index contributed by atoms with van der Waals surface area (Å²) in [5.41, 5.74) is 24.5. The van der Waals surface area contributed by atoms with Crippen molar-refractivity contribution in [2.45, 2.75) is 0 Å². The van der Waals surface area contributed by atoms with Gasteiger partial charge in [0.05, 0.1) is 0 Å². The highest BCUT2D eigenvalue weighted by atomic mass is 14.3. The molecule has 0 unspecified atom stereocenters. The van der Waals surface area contributed by atoms with Crippen molar-refractivity contribution in [1.82, 2.24) is 0 Å². The first kappa shape index (κ1) is 37.4. The summed E-state index contributed by atoms with van der Waals surface area (Å²) in [6.45, 7) is 0. The van der Waals surface area contributed by atoms with Crippen LogP contribution >= 0.6 is 0 Å². The van der Waals surface area contributed by atoms with Crippen molar-refractivity contribution in [3.8, 4) is 111 Å². The van der Waals surface area contributed by atoms with E-state index in [2.05, 4.69) is 255 Å². The van der Waals surface area contributed by atoms with Gasteiger partial charge in [-0.2, -0.15) is 0 Å². The van der Waals surface area contributed by atoms with E-state index in [9.17, 15) is 0 Å². The van der Waals surface area contributed by atoms with Crippen LogP contribution in [0.4, 0.5) is 0 Å². The Morgan fingerprint density at radius 2 is 0.500 bits per heavy atom. The van der Waals surface area contributed by atoms with E-state index in [1.54, 1.807) is 0 Å². The molecule has 0 N–H and O–H groups in total. The lowest BCUT2D eigenvalue weighted by atomic mass is 9.81. The molecule has 12 rings (SSSR count). The van der Waals surface area contributed by atoms with Crippen LogP contribution in [0.25, 0.3) is 122 Å². The predicted octanol–water partition coefficient (Wildman–Crippen LogP) is 17.8. The van der Waals surface area contributed by atoms with Crippen LogP contribution < -0.4 is 0 Å². The molecule has 1 aliphatic carbocycles. The molecule has 0 atom stereocenters. The topological polar surface area (TPSA) is 0 Å². The number of rotatable bonds is 8. The number of benzene rings is 11. The van der Waals surface area contributed by atoms with E-state index in [4.69, 9.17) is 0 Å². The molecular formula is C64H42. The lowest BCUT2D eigenvalue weighted by molar-refractivity contribution is 1.54. The fourth-order valence-electron chi connectivity index (χ4n) is 10.0. The molecule has 0 aromatic heterocycles. The number of hydrogen-bond donors (Lipinski definition) is 0. The molecule has 0 amide bonds.